The molecule has 0 saturated heterocycles. The largest absolute Gasteiger partial charge is 0.462 e. The van der Waals surface area contributed by atoms with Gasteiger partial charge in [0.25, 0.3) is 5.91 Å². The zero-order valence-corrected chi connectivity index (χ0v) is 23.0. The maximum atomic E-state index is 13.1. The van der Waals surface area contributed by atoms with Gasteiger partial charge in [-0.1, -0.05) is 12.2 Å². The molecule has 1 N–H and O–H groups in total. The Morgan fingerprint density at radius 3 is 2.29 bits per heavy atom. The number of ether oxygens (including phenoxy) is 2. The summed E-state index contributed by atoms with van der Waals surface area (Å²) >= 11 is 1.20. The number of thiophene rings is 1. The summed E-state index contributed by atoms with van der Waals surface area (Å²) in [6.45, 7) is 11.9. The Labute approximate surface area is 226 Å². The number of sulfonamides is 1. The first-order valence-corrected chi connectivity index (χ1v) is 14.3. The van der Waals surface area contributed by atoms with Crippen molar-refractivity contribution in [2.45, 2.75) is 31.7 Å². The highest BCUT2D eigenvalue weighted by molar-refractivity contribution is 7.89. The number of hydrogen-bond acceptors (Lipinski definition) is 8. The lowest BCUT2D eigenvalue weighted by Crippen LogP contribution is -2.36. The molecule has 0 unspecified atom stereocenters. The average Bonchev–Trinajstić information content (AvgIpc) is 3.25. The predicted molar refractivity (Wildman–Crippen MR) is 145 cm³/mol. The van der Waals surface area contributed by atoms with E-state index in [2.05, 4.69) is 18.5 Å². The van der Waals surface area contributed by atoms with Crippen molar-refractivity contribution in [2.24, 2.45) is 0 Å². The highest BCUT2D eigenvalue weighted by Crippen LogP contribution is 2.38. The summed E-state index contributed by atoms with van der Waals surface area (Å²) in [4.78, 5) is 40.4. The molecule has 204 valence electrons. The Morgan fingerprint density at radius 1 is 1.08 bits per heavy atom. The van der Waals surface area contributed by atoms with Gasteiger partial charge in [0.15, 0.2) is 0 Å². The molecule has 1 aliphatic rings. The minimum absolute atomic E-state index is 0.0237. The third kappa shape index (κ3) is 6.32. The van der Waals surface area contributed by atoms with Crippen LogP contribution in [0.1, 0.15) is 45.0 Å². The van der Waals surface area contributed by atoms with E-state index in [1.54, 1.807) is 18.7 Å². The van der Waals surface area contributed by atoms with Crippen LogP contribution in [0.4, 0.5) is 9.80 Å². The maximum Gasteiger partial charge on any atom is 0.410 e. The Bertz CT molecular complexity index is 1310. The minimum Gasteiger partial charge on any atom is -0.462 e. The second-order valence-electron chi connectivity index (χ2n) is 8.18. The smallest absolute Gasteiger partial charge is 0.410 e. The van der Waals surface area contributed by atoms with E-state index in [4.69, 9.17) is 9.47 Å². The van der Waals surface area contributed by atoms with Crippen molar-refractivity contribution in [2.75, 3.05) is 38.2 Å². The number of nitrogens with one attached hydrogen (secondary N) is 1. The van der Waals surface area contributed by atoms with Crippen molar-refractivity contribution in [3.05, 3.63) is 71.1 Å². The molecule has 3 rings (SSSR count). The molecule has 0 fully saturated rings. The summed E-state index contributed by atoms with van der Waals surface area (Å²) in [5.41, 5.74) is 1.21. The number of fused-ring (bicyclic) bond motifs is 1. The third-order valence-electron chi connectivity index (χ3n) is 5.71. The van der Waals surface area contributed by atoms with Gasteiger partial charge in [-0.25, -0.2) is 18.0 Å². The number of carbonyl (C=O) groups excluding carboxylic acids is 3. The highest BCUT2D eigenvalue weighted by Gasteiger charge is 2.32. The number of amides is 2. The van der Waals surface area contributed by atoms with Crippen LogP contribution < -0.4 is 5.32 Å². The van der Waals surface area contributed by atoms with Crippen molar-refractivity contribution in [1.82, 2.24) is 9.21 Å². The van der Waals surface area contributed by atoms with E-state index in [1.807, 2.05) is 0 Å². The molecule has 2 aromatic rings. The van der Waals surface area contributed by atoms with Crippen molar-refractivity contribution in [3.63, 3.8) is 0 Å². The monoisotopic (exact) mass is 561 g/mol. The van der Waals surface area contributed by atoms with Crippen LogP contribution in [0.2, 0.25) is 0 Å². The van der Waals surface area contributed by atoms with Gasteiger partial charge in [-0.2, -0.15) is 4.31 Å². The highest BCUT2D eigenvalue weighted by atomic mass is 32.2. The average molecular weight is 562 g/mol. The molecular weight excluding hydrogens is 530 g/mol. The molecule has 2 heterocycles. The maximum absolute atomic E-state index is 13.1. The van der Waals surface area contributed by atoms with Gasteiger partial charge in [0.1, 0.15) is 5.00 Å². The van der Waals surface area contributed by atoms with Gasteiger partial charge in [0.05, 0.1) is 30.2 Å². The second-order valence-corrected chi connectivity index (χ2v) is 11.2. The fraction of sp³-hybridized carbons (Fsp3) is 0.346. The molecule has 0 atom stereocenters. The van der Waals surface area contributed by atoms with Gasteiger partial charge >= 0.3 is 12.1 Å². The molecule has 0 aliphatic carbocycles. The van der Waals surface area contributed by atoms with E-state index in [9.17, 15) is 22.8 Å². The quantitative estimate of drug-likeness (QED) is 0.324. The molecule has 12 heteroatoms. The number of esters is 1. The summed E-state index contributed by atoms with van der Waals surface area (Å²) in [5.74, 6) is -1.08. The Hall–Kier alpha value is -3.48. The van der Waals surface area contributed by atoms with E-state index in [-0.39, 0.29) is 48.9 Å². The van der Waals surface area contributed by atoms with Crippen LogP contribution >= 0.6 is 11.3 Å². The molecule has 38 heavy (non-hydrogen) atoms. The van der Waals surface area contributed by atoms with Crippen molar-refractivity contribution in [3.8, 4) is 0 Å². The summed E-state index contributed by atoms with van der Waals surface area (Å²) in [7, 11) is -3.81. The van der Waals surface area contributed by atoms with Gasteiger partial charge in [0.2, 0.25) is 10.0 Å². The molecule has 2 amide bonds. The molecule has 1 aromatic carbocycles. The number of rotatable bonds is 11. The van der Waals surface area contributed by atoms with Gasteiger partial charge in [-0.15, -0.1) is 24.5 Å². The molecule has 0 bridgehead atoms. The predicted octanol–water partition coefficient (Wildman–Crippen LogP) is 4.05. The summed E-state index contributed by atoms with van der Waals surface area (Å²) in [6.07, 6.45) is 2.94. The third-order valence-corrected chi connectivity index (χ3v) is 8.69. The number of nitrogens with zero attached hydrogens (tertiary/aromatic N) is 2. The number of anilines is 1. The van der Waals surface area contributed by atoms with E-state index < -0.39 is 28.0 Å². The topological polar surface area (TPSA) is 122 Å². The molecule has 10 nitrogen and oxygen atoms in total. The lowest BCUT2D eigenvalue weighted by Gasteiger charge is -2.26. The van der Waals surface area contributed by atoms with Crippen LogP contribution in [0.5, 0.6) is 0 Å². The zero-order valence-electron chi connectivity index (χ0n) is 21.4. The first-order chi connectivity index (χ1) is 18.2. The van der Waals surface area contributed by atoms with Crippen molar-refractivity contribution < 1.29 is 32.3 Å². The molecule has 0 radical (unpaired) electrons. The van der Waals surface area contributed by atoms with Crippen molar-refractivity contribution in [1.29, 1.82) is 0 Å². The zero-order chi connectivity index (χ0) is 27.9. The Kier molecular flexibility index (Phi) is 9.84. The van der Waals surface area contributed by atoms with Crippen LogP contribution in [0.3, 0.4) is 0 Å². The normalized spacial score (nSPS) is 13.0. The molecule has 1 aliphatic heterocycles. The lowest BCUT2D eigenvalue weighted by atomic mass is 10.0. The van der Waals surface area contributed by atoms with Gasteiger partial charge in [-0.3, -0.25) is 4.79 Å². The first-order valence-electron chi connectivity index (χ1n) is 12.0. The van der Waals surface area contributed by atoms with Crippen LogP contribution in [0, 0.1) is 0 Å². The van der Waals surface area contributed by atoms with Crippen LogP contribution in [0.25, 0.3) is 0 Å². The van der Waals surface area contributed by atoms with E-state index in [0.717, 1.165) is 10.4 Å². The summed E-state index contributed by atoms with van der Waals surface area (Å²) < 4.78 is 37.4. The Balaban J connectivity index is 1.86. The number of carbonyl (C=O) groups is 3. The van der Waals surface area contributed by atoms with E-state index >= 15 is 0 Å². The SMILES string of the molecule is C=CCN(CC=C)S(=O)(=O)c1ccc(C(=O)Nc2sc3c(c2C(=O)OCC)CCN(C(=O)OCC)C3)cc1. The van der Waals surface area contributed by atoms with E-state index in [1.165, 1.54) is 52.1 Å². The molecule has 0 spiro atoms. The lowest BCUT2D eigenvalue weighted by molar-refractivity contribution is 0.0526. The molecule has 1 aromatic heterocycles. The fourth-order valence-corrected chi connectivity index (χ4v) is 6.57. The summed E-state index contributed by atoms with van der Waals surface area (Å²) in [6, 6.07) is 5.52. The van der Waals surface area contributed by atoms with Gasteiger partial charge in [-0.05, 0) is 50.1 Å². The van der Waals surface area contributed by atoms with Crippen LogP contribution in [-0.2, 0) is 32.5 Å². The van der Waals surface area contributed by atoms with Gasteiger partial charge < -0.3 is 19.7 Å². The molecular formula is C26H31N3O7S2. The number of hydrogen-bond donors (Lipinski definition) is 1. The van der Waals surface area contributed by atoms with Crippen molar-refractivity contribution >= 4 is 44.3 Å². The van der Waals surface area contributed by atoms with Crippen LogP contribution in [0.15, 0.2) is 54.5 Å². The standard InChI is InChI=1S/C26H31N3O7S2/c1-5-14-29(15-6-2)38(33,34)19-11-9-18(10-12-19)23(30)27-24-22(25(31)35-7-3)20-13-16-28(17-21(20)37-24)26(32)36-8-4/h5-6,9-12H,1-2,7-8,13-17H2,3-4H3,(H,27,30). The van der Waals surface area contributed by atoms with Crippen LogP contribution in [-0.4, -0.2) is 68.4 Å². The van der Waals surface area contributed by atoms with Gasteiger partial charge in [0, 0.05) is 30.1 Å². The molecule has 0 saturated carbocycles. The minimum atomic E-state index is -3.81. The number of benzene rings is 1. The second kappa shape index (κ2) is 12.9. The fourth-order valence-electron chi connectivity index (χ4n) is 3.94. The van der Waals surface area contributed by atoms with E-state index in [0.29, 0.717) is 18.0 Å². The summed E-state index contributed by atoms with van der Waals surface area (Å²) in [5, 5.41) is 3.08. The Morgan fingerprint density at radius 2 is 1.71 bits per heavy atom. The first kappa shape index (κ1) is 29.1.